The predicted octanol–water partition coefficient (Wildman–Crippen LogP) is 3.83. The van der Waals surface area contributed by atoms with Crippen LogP contribution in [0.3, 0.4) is 0 Å². The van der Waals surface area contributed by atoms with Gasteiger partial charge in [-0.1, -0.05) is 6.07 Å². The van der Waals surface area contributed by atoms with E-state index in [4.69, 9.17) is 0 Å². The molecule has 1 heterocycles. The zero-order valence-corrected chi connectivity index (χ0v) is 11.1. The fraction of sp³-hybridized carbons (Fsp3) is 0.538. The average Bonchev–Trinajstić information content (AvgIpc) is 2.83. The van der Waals surface area contributed by atoms with Gasteiger partial charge in [-0.25, -0.2) is 4.39 Å². The molecular formula is C13H15F4NS. The highest BCUT2D eigenvalue weighted by atomic mass is 32.2. The molecule has 1 nitrogen and oxygen atoms in total. The van der Waals surface area contributed by atoms with E-state index >= 15 is 0 Å². The highest BCUT2D eigenvalue weighted by Gasteiger charge is 2.33. The molecule has 1 unspecified atom stereocenters. The van der Waals surface area contributed by atoms with Crippen LogP contribution in [0.2, 0.25) is 0 Å². The van der Waals surface area contributed by atoms with Gasteiger partial charge in [-0.2, -0.15) is 24.9 Å². The van der Waals surface area contributed by atoms with Gasteiger partial charge in [0, 0.05) is 18.3 Å². The molecule has 0 bridgehead atoms. The summed E-state index contributed by atoms with van der Waals surface area (Å²) in [5.41, 5.74) is -0.795. The molecule has 1 aliphatic rings. The van der Waals surface area contributed by atoms with Crippen LogP contribution in [0.4, 0.5) is 17.6 Å². The molecule has 1 N–H and O–H groups in total. The number of halogens is 4. The van der Waals surface area contributed by atoms with Crippen molar-refractivity contribution in [1.82, 2.24) is 5.32 Å². The lowest BCUT2D eigenvalue weighted by Gasteiger charge is -2.15. The summed E-state index contributed by atoms with van der Waals surface area (Å²) < 4.78 is 51.2. The first kappa shape index (κ1) is 14.7. The second-order valence-corrected chi connectivity index (χ2v) is 5.97. The summed E-state index contributed by atoms with van der Waals surface area (Å²) in [6.07, 6.45) is -2.24. The molecule has 6 heteroatoms. The fourth-order valence-corrected chi connectivity index (χ4v) is 3.38. The molecule has 1 fully saturated rings. The van der Waals surface area contributed by atoms with Crippen molar-refractivity contribution < 1.29 is 17.6 Å². The van der Waals surface area contributed by atoms with Crippen molar-refractivity contribution in [1.29, 1.82) is 0 Å². The number of rotatable bonds is 4. The monoisotopic (exact) mass is 293 g/mol. The summed E-state index contributed by atoms with van der Waals surface area (Å²) in [4.78, 5) is 0. The van der Waals surface area contributed by atoms with Crippen LogP contribution >= 0.6 is 11.8 Å². The number of benzene rings is 1. The molecule has 1 aromatic rings. The molecule has 106 valence electrons. The third-order valence-corrected chi connectivity index (χ3v) is 4.49. The summed E-state index contributed by atoms with van der Waals surface area (Å²) in [6, 6.07) is 2.82. The molecule has 0 spiro atoms. The quantitative estimate of drug-likeness (QED) is 0.847. The summed E-state index contributed by atoms with van der Waals surface area (Å²) in [5, 5.41) is 3.51. The van der Waals surface area contributed by atoms with Gasteiger partial charge in [0.25, 0.3) is 0 Å². The molecule has 0 amide bonds. The zero-order chi connectivity index (χ0) is 13.9. The first-order chi connectivity index (χ1) is 8.97. The second kappa shape index (κ2) is 6.13. The van der Waals surface area contributed by atoms with Crippen molar-refractivity contribution in [2.45, 2.75) is 30.8 Å². The van der Waals surface area contributed by atoms with Gasteiger partial charge in [0.05, 0.1) is 5.56 Å². The zero-order valence-electron chi connectivity index (χ0n) is 10.3. The Morgan fingerprint density at radius 1 is 1.32 bits per heavy atom. The largest absolute Gasteiger partial charge is 0.416 e. The summed E-state index contributed by atoms with van der Waals surface area (Å²) in [7, 11) is 0. The third kappa shape index (κ3) is 4.11. The number of hydrogen-bond acceptors (Lipinski definition) is 2. The minimum atomic E-state index is -4.51. The van der Waals surface area contributed by atoms with Crippen LogP contribution in [-0.2, 0) is 12.7 Å². The van der Waals surface area contributed by atoms with Gasteiger partial charge in [0.15, 0.2) is 0 Å². The molecule has 19 heavy (non-hydrogen) atoms. The van der Waals surface area contributed by atoms with Gasteiger partial charge < -0.3 is 5.32 Å². The smallest absolute Gasteiger partial charge is 0.312 e. The lowest BCUT2D eigenvalue weighted by atomic mass is 10.1. The van der Waals surface area contributed by atoms with Crippen LogP contribution in [0.1, 0.15) is 24.0 Å². The molecule has 2 rings (SSSR count). The Kier molecular flexibility index (Phi) is 4.73. The van der Waals surface area contributed by atoms with Crippen LogP contribution in [0.15, 0.2) is 18.2 Å². The van der Waals surface area contributed by atoms with E-state index in [0.717, 1.165) is 18.2 Å². The molecule has 0 aromatic heterocycles. The number of alkyl halides is 3. The lowest BCUT2D eigenvalue weighted by molar-refractivity contribution is -0.138. The Morgan fingerprint density at radius 3 is 2.74 bits per heavy atom. The van der Waals surface area contributed by atoms with Crippen LogP contribution in [0.5, 0.6) is 0 Å². The van der Waals surface area contributed by atoms with Crippen molar-refractivity contribution in [3.05, 3.63) is 35.1 Å². The van der Waals surface area contributed by atoms with Gasteiger partial charge in [0.2, 0.25) is 0 Å². The van der Waals surface area contributed by atoms with E-state index in [9.17, 15) is 17.6 Å². The Balaban J connectivity index is 1.98. The number of nitrogens with one attached hydrogen (secondary N) is 1. The fourth-order valence-electron chi connectivity index (χ4n) is 2.14. The standard InChI is InChI=1S/C13H15F4NS/c14-10-4-3-9(12(6-10)13(15,16)17)7-18-8-11-2-1-5-19-11/h3-4,6,11,18H,1-2,5,7-8H2. The van der Waals surface area contributed by atoms with E-state index in [-0.39, 0.29) is 12.1 Å². The van der Waals surface area contributed by atoms with Crippen molar-refractivity contribution in [2.75, 3.05) is 12.3 Å². The first-order valence-corrected chi connectivity index (χ1v) is 7.19. The Hall–Kier alpha value is -0.750. The predicted molar refractivity (Wildman–Crippen MR) is 68.6 cm³/mol. The minimum Gasteiger partial charge on any atom is -0.312 e. The van der Waals surface area contributed by atoms with E-state index < -0.39 is 17.6 Å². The van der Waals surface area contributed by atoms with E-state index in [1.165, 1.54) is 12.5 Å². The van der Waals surface area contributed by atoms with Crippen molar-refractivity contribution in [3.63, 3.8) is 0 Å². The van der Waals surface area contributed by atoms with Crippen LogP contribution in [-0.4, -0.2) is 17.5 Å². The molecule has 1 aromatic carbocycles. The van der Waals surface area contributed by atoms with Gasteiger partial charge in [-0.15, -0.1) is 0 Å². The van der Waals surface area contributed by atoms with Crippen molar-refractivity contribution >= 4 is 11.8 Å². The van der Waals surface area contributed by atoms with Crippen LogP contribution < -0.4 is 5.32 Å². The summed E-state index contributed by atoms with van der Waals surface area (Å²) in [5.74, 6) is 0.263. The number of hydrogen-bond donors (Lipinski definition) is 1. The summed E-state index contributed by atoms with van der Waals surface area (Å²) >= 11 is 1.84. The highest BCUT2D eigenvalue weighted by molar-refractivity contribution is 8.00. The maximum atomic E-state index is 12.9. The van der Waals surface area contributed by atoms with E-state index in [2.05, 4.69) is 5.32 Å². The van der Waals surface area contributed by atoms with Gasteiger partial charge in [0.1, 0.15) is 5.82 Å². The molecule has 0 saturated carbocycles. The topological polar surface area (TPSA) is 12.0 Å². The maximum Gasteiger partial charge on any atom is 0.416 e. The van der Waals surface area contributed by atoms with E-state index in [1.807, 2.05) is 11.8 Å². The van der Waals surface area contributed by atoms with E-state index in [0.29, 0.717) is 17.9 Å². The number of thioether (sulfide) groups is 1. The average molecular weight is 293 g/mol. The third-order valence-electron chi connectivity index (χ3n) is 3.09. The molecule has 1 saturated heterocycles. The molecule has 1 aliphatic heterocycles. The lowest BCUT2D eigenvalue weighted by Crippen LogP contribution is -2.24. The van der Waals surface area contributed by atoms with Gasteiger partial charge in [-0.3, -0.25) is 0 Å². The van der Waals surface area contributed by atoms with Crippen LogP contribution in [0.25, 0.3) is 0 Å². The maximum absolute atomic E-state index is 12.9. The molecule has 1 atom stereocenters. The van der Waals surface area contributed by atoms with Gasteiger partial charge >= 0.3 is 6.18 Å². The Bertz CT molecular complexity index is 427. The van der Waals surface area contributed by atoms with Crippen molar-refractivity contribution in [2.24, 2.45) is 0 Å². The van der Waals surface area contributed by atoms with Crippen LogP contribution in [0, 0.1) is 5.82 Å². The van der Waals surface area contributed by atoms with Crippen molar-refractivity contribution in [3.8, 4) is 0 Å². The molecular weight excluding hydrogens is 278 g/mol. The molecule has 0 aliphatic carbocycles. The Labute approximate surface area is 113 Å². The highest BCUT2D eigenvalue weighted by Crippen LogP contribution is 2.32. The second-order valence-electron chi connectivity index (χ2n) is 4.57. The molecule has 0 radical (unpaired) electrons. The minimum absolute atomic E-state index is 0.0943. The normalized spacial score (nSPS) is 19.9. The Morgan fingerprint density at radius 2 is 2.11 bits per heavy atom. The van der Waals surface area contributed by atoms with Gasteiger partial charge in [-0.05, 0) is 36.3 Å². The summed E-state index contributed by atoms with van der Waals surface area (Å²) in [6.45, 7) is 0.811. The first-order valence-electron chi connectivity index (χ1n) is 6.15. The van der Waals surface area contributed by atoms with E-state index in [1.54, 1.807) is 0 Å². The SMILES string of the molecule is Fc1ccc(CNCC2CCCS2)c(C(F)(F)F)c1.